The highest BCUT2D eigenvalue weighted by Gasteiger charge is 2.25. The van der Waals surface area contributed by atoms with Gasteiger partial charge in [0.15, 0.2) is 0 Å². The molecule has 0 atom stereocenters. The number of hydrogen-bond donors (Lipinski definition) is 2. The Labute approximate surface area is 150 Å². The number of benzene rings is 2. The first kappa shape index (κ1) is 17.8. The molecule has 0 spiro atoms. The van der Waals surface area contributed by atoms with E-state index in [9.17, 15) is 18.4 Å². The van der Waals surface area contributed by atoms with Crippen LogP contribution in [-0.2, 0) is 0 Å². The van der Waals surface area contributed by atoms with Crippen molar-refractivity contribution >= 4 is 17.6 Å². The van der Waals surface area contributed by atoms with E-state index in [-0.39, 0.29) is 17.6 Å². The number of anilines is 1. The number of nitrogens with one attached hydrogen (secondary N) is 2. The van der Waals surface area contributed by atoms with Gasteiger partial charge in [0.05, 0.1) is 0 Å². The number of halogens is 2. The molecule has 0 radical (unpaired) electrons. The van der Waals surface area contributed by atoms with E-state index in [1.165, 1.54) is 0 Å². The van der Waals surface area contributed by atoms with Crippen LogP contribution in [0.5, 0.6) is 0 Å². The third kappa shape index (κ3) is 4.56. The van der Waals surface area contributed by atoms with Crippen LogP contribution in [0.1, 0.15) is 23.2 Å². The molecule has 2 N–H and O–H groups in total. The Morgan fingerprint density at radius 1 is 0.962 bits per heavy atom. The molecular formula is C19H19F2N3O2. The lowest BCUT2D eigenvalue weighted by Gasteiger charge is -2.32. The summed E-state index contributed by atoms with van der Waals surface area (Å²) in [5, 5.41) is 5.62. The van der Waals surface area contributed by atoms with E-state index in [0.717, 1.165) is 18.2 Å². The van der Waals surface area contributed by atoms with Gasteiger partial charge in [-0.2, -0.15) is 0 Å². The Kier molecular flexibility index (Phi) is 5.46. The highest BCUT2D eigenvalue weighted by atomic mass is 19.1. The molecule has 1 aliphatic heterocycles. The van der Waals surface area contributed by atoms with Crippen molar-refractivity contribution in [1.82, 2.24) is 10.2 Å². The summed E-state index contributed by atoms with van der Waals surface area (Å²) in [5.74, 6) is -1.96. The van der Waals surface area contributed by atoms with Gasteiger partial charge in [0.25, 0.3) is 5.91 Å². The summed E-state index contributed by atoms with van der Waals surface area (Å²) in [4.78, 5) is 25.9. The maximum absolute atomic E-state index is 13.3. The number of carbonyl (C=O) groups excluding carboxylic acids is 2. The number of hydrogen-bond acceptors (Lipinski definition) is 2. The van der Waals surface area contributed by atoms with Crippen LogP contribution in [0.3, 0.4) is 0 Å². The highest BCUT2D eigenvalue weighted by Crippen LogP contribution is 2.16. The molecule has 0 saturated carbocycles. The van der Waals surface area contributed by atoms with E-state index in [4.69, 9.17) is 0 Å². The first-order chi connectivity index (χ1) is 12.5. The van der Waals surface area contributed by atoms with Crippen LogP contribution in [0.15, 0.2) is 48.5 Å². The Morgan fingerprint density at radius 2 is 1.58 bits per heavy atom. The lowest BCUT2D eigenvalue weighted by molar-refractivity contribution is 0.0708. The van der Waals surface area contributed by atoms with Crippen LogP contribution < -0.4 is 10.6 Å². The molecule has 26 heavy (non-hydrogen) atoms. The number of para-hydroxylation sites is 1. The van der Waals surface area contributed by atoms with E-state index in [0.29, 0.717) is 31.6 Å². The van der Waals surface area contributed by atoms with Gasteiger partial charge in [0.1, 0.15) is 11.6 Å². The number of piperidine rings is 1. The molecule has 3 amide bonds. The van der Waals surface area contributed by atoms with Crippen LogP contribution in [0.2, 0.25) is 0 Å². The van der Waals surface area contributed by atoms with Crippen molar-refractivity contribution in [3.8, 4) is 0 Å². The summed E-state index contributed by atoms with van der Waals surface area (Å²) in [6, 6.07) is 11.5. The van der Waals surface area contributed by atoms with E-state index in [1.54, 1.807) is 17.0 Å². The summed E-state index contributed by atoms with van der Waals surface area (Å²) in [6.45, 7) is 0.820. The van der Waals surface area contributed by atoms with Crippen molar-refractivity contribution in [1.29, 1.82) is 0 Å². The van der Waals surface area contributed by atoms with E-state index >= 15 is 0 Å². The Balaban J connectivity index is 1.51. The zero-order valence-electron chi connectivity index (χ0n) is 14.0. The number of carbonyl (C=O) groups is 2. The van der Waals surface area contributed by atoms with Gasteiger partial charge >= 0.3 is 6.03 Å². The second-order valence-electron chi connectivity index (χ2n) is 6.19. The lowest BCUT2D eigenvalue weighted by Crippen LogP contribution is -2.47. The monoisotopic (exact) mass is 359 g/mol. The second-order valence-corrected chi connectivity index (χ2v) is 6.19. The van der Waals surface area contributed by atoms with E-state index in [1.807, 2.05) is 18.2 Å². The third-order valence-electron chi connectivity index (χ3n) is 4.26. The quantitative estimate of drug-likeness (QED) is 0.882. The van der Waals surface area contributed by atoms with Gasteiger partial charge in [-0.05, 0) is 37.1 Å². The summed E-state index contributed by atoms with van der Waals surface area (Å²) in [5.41, 5.74) is 0.696. The summed E-state index contributed by atoms with van der Waals surface area (Å²) in [7, 11) is 0. The van der Waals surface area contributed by atoms with Crippen LogP contribution in [0.25, 0.3) is 0 Å². The minimum Gasteiger partial charge on any atom is -0.338 e. The standard InChI is InChI=1S/C19H19F2N3O2/c20-14-10-13(11-15(21)12-14)18(25)24-8-6-17(7-9-24)23-19(26)22-16-4-2-1-3-5-16/h1-5,10-12,17H,6-9H2,(H2,22,23,26). The van der Waals surface area contributed by atoms with Crippen molar-refractivity contribution in [2.45, 2.75) is 18.9 Å². The van der Waals surface area contributed by atoms with Crippen molar-refractivity contribution < 1.29 is 18.4 Å². The van der Waals surface area contributed by atoms with E-state index < -0.39 is 17.5 Å². The third-order valence-corrected chi connectivity index (χ3v) is 4.26. The summed E-state index contributed by atoms with van der Waals surface area (Å²) >= 11 is 0. The van der Waals surface area contributed by atoms with Gasteiger partial charge < -0.3 is 15.5 Å². The van der Waals surface area contributed by atoms with Gasteiger partial charge in [0, 0.05) is 36.4 Å². The normalized spacial score (nSPS) is 14.8. The molecule has 0 aliphatic carbocycles. The van der Waals surface area contributed by atoms with Crippen LogP contribution in [0.4, 0.5) is 19.3 Å². The summed E-state index contributed by atoms with van der Waals surface area (Å²) in [6.07, 6.45) is 1.15. The molecule has 2 aromatic carbocycles. The van der Waals surface area contributed by atoms with E-state index in [2.05, 4.69) is 10.6 Å². The average Bonchev–Trinajstić information content (AvgIpc) is 2.61. The predicted molar refractivity (Wildman–Crippen MR) is 93.9 cm³/mol. The Bertz CT molecular complexity index is 770. The molecule has 136 valence electrons. The molecule has 1 heterocycles. The zero-order valence-corrected chi connectivity index (χ0v) is 14.0. The molecule has 2 aromatic rings. The zero-order chi connectivity index (χ0) is 18.5. The van der Waals surface area contributed by atoms with Gasteiger partial charge in [-0.3, -0.25) is 4.79 Å². The van der Waals surface area contributed by atoms with Crippen LogP contribution in [-0.4, -0.2) is 36.0 Å². The van der Waals surface area contributed by atoms with Crippen LogP contribution >= 0.6 is 0 Å². The second kappa shape index (κ2) is 7.95. The number of urea groups is 1. The average molecular weight is 359 g/mol. The van der Waals surface area contributed by atoms with Gasteiger partial charge in [0.2, 0.25) is 0 Å². The van der Waals surface area contributed by atoms with Crippen molar-refractivity contribution in [2.75, 3.05) is 18.4 Å². The number of likely N-dealkylation sites (tertiary alicyclic amines) is 1. The smallest absolute Gasteiger partial charge is 0.319 e. The number of rotatable bonds is 3. The molecular weight excluding hydrogens is 340 g/mol. The minimum absolute atomic E-state index is 0.00395. The number of nitrogens with zero attached hydrogens (tertiary/aromatic N) is 1. The first-order valence-corrected chi connectivity index (χ1v) is 8.39. The molecule has 1 aliphatic rings. The predicted octanol–water partition coefficient (Wildman–Crippen LogP) is 3.39. The number of amides is 3. The van der Waals surface area contributed by atoms with Crippen molar-refractivity contribution in [3.63, 3.8) is 0 Å². The van der Waals surface area contributed by atoms with Crippen molar-refractivity contribution in [2.24, 2.45) is 0 Å². The molecule has 0 aromatic heterocycles. The molecule has 3 rings (SSSR count). The van der Waals surface area contributed by atoms with Gasteiger partial charge in [-0.25, -0.2) is 13.6 Å². The molecule has 0 unspecified atom stereocenters. The fourth-order valence-corrected chi connectivity index (χ4v) is 2.96. The first-order valence-electron chi connectivity index (χ1n) is 8.39. The molecule has 1 saturated heterocycles. The maximum Gasteiger partial charge on any atom is 0.319 e. The fraction of sp³-hybridized carbons (Fsp3) is 0.263. The molecule has 7 heteroatoms. The minimum atomic E-state index is -0.775. The largest absolute Gasteiger partial charge is 0.338 e. The van der Waals surface area contributed by atoms with Crippen molar-refractivity contribution in [3.05, 3.63) is 65.7 Å². The Morgan fingerprint density at radius 3 is 2.19 bits per heavy atom. The SMILES string of the molecule is O=C(Nc1ccccc1)NC1CCN(C(=O)c2cc(F)cc(F)c2)CC1. The molecule has 5 nitrogen and oxygen atoms in total. The topological polar surface area (TPSA) is 61.4 Å². The summed E-state index contributed by atoms with van der Waals surface area (Å²) < 4.78 is 26.5. The Hall–Kier alpha value is -2.96. The fourth-order valence-electron chi connectivity index (χ4n) is 2.96. The lowest BCUT2D eigenvalue weighted by atomic mass is 10.0. The molecule has 1 fully saturated rings. The maximum atomic E-state index is 13.3. The van der Waals surface area contributed by atoms with Gasteiger partial charge in [-0.15, -0.1) is 0 Å². The molecule has 0 bridgehead atoms. The van der Waals surface area contributed by atoms with Crippen LogP contribution in [0, 0.1) is 11.6 Å². The van der Waals surface area contributed by atoms with Gasteiger partial charge in [-0.1, -0.05) is 18.2 Å². The highest BCUT2D eigenvalue weighted by molar-refractivity contribution is 5.94.